The molecule has 266 valence electrons. The Kier molecular flexibility index (Phi) is 32.4. The number of aromatic nitrogens is 2. The zero-order valence-electron chi connectivity index (χ0n) is 31.7. The predicted molar refractivity (Wildman–Crippen MR) is 202 cm³/mol. The summed E-state index contributed by atoms with van der Waals surface area (Å²) >= 11 is 0. The highest BCUT2D eigenvalue weighted by Gasteiger charge is 2.16. The maximum absolute atomic E-state index is 2.64. The lowest BCUT2D eigenvalue weighted by Crippen LogP contribution is -2.37. The van der Waals surface area contributed by atoms with Crippen molar-refractivity contribution in [2.24, 2.45) is 0 Å². The van der Waals surface area contributed by atoms with E-state index < -0.39 is 0 Å². The van der Waals surface area contributed by atoms with Gasteiger partial charge in [-0.1, -0.05) is 207 Å². The summed E-state index contributed by atoms with van der Waals surface area (Å²) in [6, 6.07) is 0. The van der Waals surface area contributed by atoms with Crippen LogP contribution in [-0.2, 0) is 19.5 Å². The average molecular weight is 630 g/mol. The minimum Gasteiger partial charge on any atom is -0.234 e. The number of aryl methyl sites for hydroxylation is 2. The highest BCUT2D eigenvalue weighted by Crippen LogP contribution is 2.16. The summed E-state index contributed by atoms with van der Waals surface area (Å²) in [4.78, 5) is 0. The molecule has 0 fully saturated rings. The zero-order valence-corrected chi connectivity index (χ0v) is 31.7. The molecule has 1 rings (SSSR count). The molecule has 0 N–H and O–H groups in total. The topological polar surface area (TPSA) is 8.81 Å². The number of imidazole rings is 1. The predicted octanol–water partition coefficient (Wildman–Crippen LogP) is 14.6. The first-order valence-electron chi connectivity index (χ1n) is 21.4. The minimum absolute atomic E-state index is 1.23. The molecule has 2 heteroatoms. The van der Waals surface area contributed by atoms with Crippen molar-refractivity contribution < 1.29 is 4.57 Å². The lowest BCUT2D eigenvalue weighted by molar-refractivity contribution is -0.704. The first-order chi connectivity index (χ1) is 22.3. The Morgan fingerprint density at radius 3 is 1.07 bits per heavy atom. The van der Waals surface area contributed by atoms with Gasteiger partial charge in [0.15, 0.2) is 0 Å². The van der Waals surface area contributed by atoms with Crippen LogP contribution in [0.25, 0.3) is 0 Å². The molecular formula is C43H85N2+. The van der Waals surface area contributed by atoms with Gasteiger partial charge in [0.1, 0.15) is 12.4 Å². The van der Waals surface area contributed by atoms with Crippen molar-refractivity contribution in [3.8, 4) is 0 Å². The number of hydrogen-bond acceptors (Lipinski definition) is 0. The van der Waals surface area contributed by atoms with Gasteiger partial charge < -0.3 is 0 Å². The monoisotopic (exact) mass is 630 g/mol. The fourth-order valence-electron chi connectivity index (χ4n) is 7.21. The van der Waals surface area contributed by atoms with E-state index in [1.54, 1.807) is 5.82 Å². The Balaban J connectivity index is 2.30. The molecule has 0 aliphatic carbocycles. The quantitative estimate of drug-likeness (QED) is 0.0511. The van der Waals surface area contributed by atoms with Crippen LogP contribution in [0.15, 0.2) is 12.4 Å². The van der Waals surface area contributed by atoms with Crippen molar-refractivity contribution in [3.05, 3.63) is 18.2 Å². The van der Waals surface area contributed by atoms with Crippen molar-refractivity contribution in [1.29, 1.82) is 0 Å². The van der Waals surface area contributed by atoms with Gasteiger partial charge >= 0.3 is 0 Å². The molecule has 0 bridgehead atoms. The molecule has 0 aromatic carbocycles. The van der Waals surface area contributed by atoms with Crippen molar-refractivity contribution in [2.75, 3.05) is 0 Å². The van der Waals surface area contributed by atoms with Gasteiger partial charge in [0.2, 0.25) is 0 Å². The van der Waals surface area contributed by atoms with E-state index in [-0.39, 0.29) is 0 Å². The van der Waals surface area contributed by atoms with Crippen LogP contribution < -0.4 is 4.57 Å². The first kappa shape index (κ1) is 42.2. The van der Waals surface area contributed by atoms with Crippen molar-refractivity contribution >= 4 is 0 Å². The van der Waals surface area contributed by atoms with Crippen molar-refractivity contribution in [2.45, 2.75) is 259 Å². The van der Waals surface area contributed by atoms with Gasteiger partial charge in [0, 0.05) is 6.42 Å². The summed E-state index contributed by atoms with van der Waals surface area (Å²) in [5, 5.41) is 0. The molecule has 0 spiro atoms. The third-order valence-electron chi connectivity index (χ3n) is 10.3. The second kappa shape index (κ2) is 34.5. The largest absolute Gasteiger partial charge is 0.256 e. The highest BCUT2D eigenvalue weighted by atomic mass is 15.1. The van der Waals surface area contributed by atoms with Gasteiger partial charge in [-0.05, 0) is 32.1 Å². The maximum atomic E-state index is 2.64. The zero-order chi connectivity index (χ0) is 32.3. The molecule has 1 heterocycles. The molecule has 0 radical (unpaired) electrons. The van der Waals surface area contributed by atoms with Crippen LogP contribution in [0.5, 0.6) is 0 Å². The van der Waals surface area contributed by atoms with E-state index in [1.807, 2.05) is 0 Å². The lowest BCUT2D eigenvalue weighted by Gasteiger charge is -2.07. The summed E-state index contributed by atoms with van der Waals surface area (Å²) in [5.41, 5.74) is 0. The molecule has 0 amide bonds. The van der Waals surface area contributed by atoms with Crippen LogP contribution in [0.4, 0.5) is 0 Å². The van der Waals surface area contributed by atoms with E-state index in [9.17, 15) is 0 Å². The molecule has 2 nitrogen and oxygen atoms in total. The number of unbranched alkanes of at least 4 members (excludes halogenated alkanes) is 31. The van der Waals surface area contributed by atoms with Crippen molar-refractivity contribution in [3.63, 3.8) is 0 Å². The molecule has 0 unspecified atom stereocenters. The molecule has 1 aromatic rings. The Bertz CT molecular complexity index is 649. The molecule has 45 heavy (non-hydrogen) atoms. The van der Waals surface area contributed by atoms with Gasteiger partial charge in [-0.25, -0.2) is 9.13 Å². The van der Waals surface area contributed by atoms with Gasteiger partial charge in [-0.3, -0.25) is 0 Å². The third kappa shape index (κ3) is 26.9. The normalized spacial score (nSPS) is 11.6. The summed E-state index contributed by atoms with van der Waals surface area (Å²) in [7, 11) is 0. The Hall–Kier alpha value is -0.790. The summed E-state index contributed by atoms with van der Waals surface area (Å²) in [5.74, 6) is 1.63. The van der Waals surface area contributed by atoms with E-state index in [0.29, 0.717) is 0 Å². The Morgan fingerprint density at radius 2 is 0.689 bits per heavy atom. The van der Waals surface area contributed by atoms with E-state index in [4.69, 9.17) is 0 Å². The molecule has 0 saturated heterocycles. The second-order valence-electron chi connectivity index (χ2n) is 14.8. The van der Waals surface area contributed by atoms with Crippen molar-refractivity contribution in [1.82, 2.24) is 4.57 Å². The van der Waals surface area contributed by atoms with Crippen LogP contribution in [0, 0.1) is 0 Å². The summed E-state index contributed by atoms with van der Waals surface area (Å²) in [6.45, 7) is 9.41. The highest BCUT2D eigenvalue weighted by molar-refractivity contribution is 4.84. The second-order valence-corrected chi connectivity index (χ2v) is 14.8. The van der Waals surface area contributed by atoms with E-state index in [1.165, 1.54) is 238 Å². The standard InChI is InChI=1S/C43H85N2/c1-4-7-10-13-16-19-22-23-26-29-32-35-38-43-44(39-36-33-30-27-24-20-17-14-11-8-5-2)41-42-45(43)40-37-34-31-28-25-21-18-15-12-9-6-3/h41-42H,4-40H2,1-3H3/q+1. The van der Waals surface area contributed by atoms with E-state index in [2.05, 4.69) is 42.3 Å². The van der Waals surface area contributed by atoms with Gasteiger partial charge in [0.25, 0.3) is 5.82 Å². The third-order valence-corrected chi connectivity index (χ3v) is 10.3. The number of nitrogens with zero attached hydrogens (tertiary/aromatic N) is 2. The smallest absolute Gasteiger partial charge is 0.234 e. The van der Waals surface area contributed by atoms with Crippen LogP contribution in [0.2, 0.25) is 0 Å². The summed E-state index contributed by atoms with van der Waals surface area (Å²) in [6.07, 6.45) is 54.8. The lowest BCUT2D eigenvalue weighted by atomic mass is 10.0. The summed E-state index contributed by atoms with van der Waals surface area (Å²) < 4.78 is 5.29. The van der Waals surface area contributed by atoms with Crippen LogP contribution >= 0.6 is 0 Å². The van der Waals surface area contributed by atoms with Crippen LogP contribution in [-0.4, -0.2) is 4.57 Å². The molecule has 0 saturated carbocycles. The fourth-order valence-corrected chi connectivity index (χ4v) is 7.21. The number of rotatable bonds is 37. The van der Waals surface area contributed by atoms with Gasteiger partial charge in [-0.2, -0.15) is 0 Å². The van der Waals surface area contributed by atoms with E-state index in [0.717, 1.165) is 0 Å². The van der Waals surface area contributed by atoms with E-state index >= 15 is 0 Å². The molecule has 0 aliphatic rings. The van der Waals surface area contributed by atoms with Crippen LogP contribution in [0.1, 0.15) is 245 Å². The van der Waals surface area contributed by atoms with Gasteiger partial charge in [-0.15, -0.1) is 0 Å². The Labute approximate surface area is 285 Å². The Morgan fingerprint density at radius 1 is 0.378 bits per heavy atom. The van der Waals surface area contributed by atoms with Crippen LogP contribution in [0.3, 0.4) is 0 Å². The maximum Gasteiger partial charge on any atom is 0.256 e. The molecule has 0 atom stereocenters. The SMILES string of the molecule is CCCCCCCCCCCCCCc1n(CCCCCCCCCCCCC)cc[n+]1CCCCCCCCCCCCC. The van der Waals surface area contributed by atoms with Gasteiger partial charge in [0.05, 0.1) is 13.1 Å². The molecular weight excluding hydrogens is 544 g/mol. The molecule has 1 aromatic heterocycles. The average Bonchev–Trinajstić information content (AvgIpc) is 3.43. The first-order valence-corrected chi connectivity index (χ1v) is 21.4. The number of hydrogen-bond donors (Lipinski definition) is 0. The molecule has 0 aliphatic heterocycles. The fraction of sp³-hybridized carbons (Fsp3) is 0.930. The minimum atomic E-state index is 1.23.